The first-order valence-electron chi connectivity index (χ1n) is 2.98. The van der Waals surface area contributed by atoms with Gasteiger partial charge in [-0.05, 0) is 6.92 Å². The third-order valence-corrected chi connectivity index (χ3v) is 1.03. The van der Waals surface area contributed by atoms with Crippen LogP contribution in [0.3, 0.4) is 0 Å². The van der Waals surface area contributed by atoms with E-state index in [2.05, 4.69) is 14.6 Å². The number of hydrogen-bond donors (Lipinski definition) is 1. The third kappa shape index (κ3) is 1.70. The minimum atomic E-state index is -2.73. The van der Waals surface area contributed by atoms with E-state index in [1.54, 1.807) is 6.92 Å². The minimum absolute atomic E-state index is 0.0281. The maximum Gasteiger partial charge on any atom is 0.314 e. The summed E-state index contributed by atoms with van der Waals surface area (Å²) in [5, 5.41) is 6.41. The molecule has 2 N–H and O–H groups in total. The van der Waals surface area contributed by atoms with E-state index in [1.165, 1.54) is 0 Å². The van der Waals surface area contributed by atoms with Crippen molar-refractivity contribution in [1.29, 1.82) is 0 Å². The van der Waals surface area contributed by atoms with E-state index in [1.807, 2.05) is 0 Å². The zero-order valence-electron chi connectivity index (χ0n) is 5.79. The second kappa shape index (κ2) is 2.91. The molecule has 1 heterocycles. The fourth-order valence-electron chi connectivity index (χ4n) is 0.519. The molecule has 0 aliphatic rings. The van der Waals surface area contributed by atoms with Crippen molar-refractivity contribution in [2.45, 2.75) is 19.4 Å². The van der Waals surface area contributed by atoms with Gasteiger partial charge in [-0.2, -0.15) is 8.78 Å². The SMILES string of the molecule is CC(N)c1nnc(C(F)F)o1. The summed E-state index contributed by atoms with van der Waals surface area (Å²) < 4.78 is 28.1. The molecule has 0 spiro atoms. The van der Waals surface area contributed by atoms with Gasteiger partial charge in [-0.3, -0.25) is 0 Å². The predicted octanol–water partition coefficient (Wildman–Crippen LogP) is 1.03. The molecule has 0 aliphatic heterocycles. The molecule has 0 saturated carbocycles. The number of alkyl halides is 2. The maximum absolute atomic E-state index is 11.8. The van der Waals surface area contributed by atoms with Gasteiger partial charge in [0.05, 0.1) is 6.04 Å². The van der Waals surface area contributed by atoms with Crippen molar-refractivity contribution in [3.63, 3.8) is 0 Å². The number of halogens is 2. The van der Waals surface area contributed by atoms with Gasteiger partial charge in [0.15, 0.2) is 0 Å². The summed E-state index contributed by atoms with van der Waals surface area (Å²) in [5.74, 6) is -0.655. The number of nitrogens with zero attached hydrogens (tertiary/aromatic N) is 2. The van der Waals surface area contributed by atoms with Gasteiger partial charge in [-0.1, -0.05) is 0 Å². The smallest absolute Gasteiger partial charge is 0.314 e. The average Bonchev–Trinajstić information content (AvgIpc) is 2.33. The van der Waals surface area contributed by atoms with Crippen molar-refractivity contribution in [1.82, 2.24) is 10.2 Å². The normalized spacial score (nSPS) is 13.9. The van der Waals surface area contributed by atoms with Crippen molar-refractivity contribution >= 4 is 0 Å². The molecular formula is C5H7F2N3O. The summed E-state index contributed by atoms with van der Waals surface area (Å²) in [6, 6.07) is -0.505. The Labute approximate surface area is 61.4 Å². The summed E-state index contributed by atoms with van der Waals surface area (Å²) >= 11 is 0. The lowest BCUT2D eigenvalue weighted by Gasteiger charge is -1.94. The molecule has 4 nitrogen and oxygen atoms in total. The Bertz CT molecular complexity index is 213. The average molecular weight is 163 g/mol. The monoisotopic (exact) mass is 163 g/mol. The van der Waals surface area contributed by atoms with Gasteiger partial charge >= 0.3 is 6.43 Å². The van der Waals surface area contributed by atoms with Crippen LogP contribution in [0.2, 0.25) is 0 Å². The van der Waals surface area contributed by atoms with Crippen LogP contribution in [-0.2, 0) is 0 Å². The quantitative estimate of drug-likeness (QED) is 0.707. The predicted molar refractivity (Wildman–Crippen MR) is 31.9 cm³/mol. The molecule has 0 bridgehead atoms. The van der Waals surface area contributed by atoms with Gasteiger partial charge in [0, 0.05) is 0 Å². The first-order chi connectivity index (χ1) is 5.11. The zero-order valence-corrected chi connectivity index (χ0v) is 5.79. The number of nitrogens with two attached hydrogens (primary N) is 1. The summed E-state index contributed by atoms with van der Waals surface area (Å²) in [7, 11) is 0. The fraction of sp³-hybridized carbons (Fsp3) is 0.600. The number of rotatable bonds is 2. The standard InChI is InChI=1S/C5H7F2N3O/c1-2(8)4-9-10-5(11-4)3(6)7/h2-3H,8H2,1H3. The van der Waals surface area contributed by atoms with E-state index in [-0.39, 0.29) is 5.89 Å². The Balaban J connectivity index is 2.82. The molecule has 1 aromatic rings. The molecule has 1 atom stereocenters. The summed E-state index contributed by atoms with van der Waals surface area (Å²) in [4.78, 5) is 0. The van der Waals surface area contributed by atoms with Gasteiger partial charge in [0.1, 0.15) is 0 Å². The number of aromatic nitrogens is 2. The molecule has 1 unspecified atom stereocenters. The van der Waals surface area contributed by atoms with Crippen LogP contribution in [0.5, 0.6) is 0 Å². The van der Waals surface area contributed by atoms with E-state index in [4.69, 9.17) is 5.73 Å². The third-order valence-electron chi connectivity index (χ3n) is 1.03. The Morgan fingerprint density at radius 3 is 2.18 bits per heavy atom. The maximum atomic E-state index is 11.8. The largest absolute Gasteiger partial charge is 0.418 e. The molecule has 6 heteroatoms. The Morgan fingerprint density at radius 1 is 1.36 bits per heavy atom. The lowest BCUT2D eigenvalue weighted by Crippen LogP contribution is -2.04. The van der Waals surface area contributed by atoms with Crippen LogP contribution in [0.4, 0.5) is 8.78 Å². The van der Waals surface area contributed by atoms with Gasteiger partial charge in [0.25, 0.3) is 5.89 Å². The highest BCUT2D eigenvalue weighted by Gasteiger charge is 2.17. The van der Waals surface area contributed by atoms with E-state index in [9.17, 15) is 8.78 Å². The van der Waals surface area contributed by atoms with Crippen LogP contribution in [-0.4, -0.2) is 10.2 Å². The van der Waals surface area contributed by atoms with Crippen LogP contribution in [0.25, 0.3) is 0 Å². The first-order valence-corrected chi connectivity index (χ1v) is 2.98. The van der Waals surface area contributed by atoms with E-state index < -0.39 is 18.4 Å². The molecular weight excluding hydrogens is 156 g/mol. The molecule has 11 heavy (non-hydrogen) atoms. The molecule has 0 fully saturated rings. The summed E-state index contributed by atoms with van der Waals surface area (Å²) in [5.41, 5.74) is 5.29. The highest BCUT2D eigenvalue weighted by Crippen LogP contribution is 2.18. The highest BCUT2D eigenvalue weighted by atomic mass is 19.3. The molecule has 1 rings (SSSR count). The van der Waals surface area contributed by atoms with Crippen LogP contribution < -0.4 is 5.73 Å². The van der Waals surface area contributed by atoms with Gasteiger partial charge in [0.2, 0.25) is 5.89 Å². The molecule has 62 valence electrons. The summed E-state index contributed by atoms with van der Waals surface area (Å²) in [6.45, 7) is 1.57. The van der Waals surface area contributed by atoms with Crippen LogP contribution in [0, 0.1) is 0 Å². The number of hydrogen-bond acceptors (Lipinski definition) is 4. The lowest BCUT2D eigenvalue weighted by atomic mass is 10.4. The van der Waals surface area contributed by atoms with E-state index in [0.29, 0.717) is 0 Å². The van der Waals surface area contributed by atoms with Crippen molar-refractivity contribution < 1.29 is 13.2 Å². The van der Waals surface area contributed by atoms with E-state index >= 15 is 0 Å². The first kappa shape index (κ1) is 8.06. The molecule has 0 radical (unpaired) electrons. The van der Waals surface area contributed by atoms with E-state index in [0.717, 1.165) is 0 Å². The topological polar surface area (TPSA) is 64.9 Å². The van der Waals surface area contributed by atoms with Crippen LogP contribution in [0.1, 0.15) is 31.2 Å². The van der Waals surface area contributed by atoms with Crippen LogP contribution >= 0.6 is 0 Å². The molecule has 0 saturated heterocycles. The van der Waals surface area contributed by atoms with Crippen LogP contribution in [0.15, 0.2) is 4.42 Å². The summed E-state index contributed by atoms with van der Waals surface area (Å²) in [6.07, 6.45) is -2.73. The zero-order chi connectivity index (χ0) is 8.43. The highest BCUT2D eigenvalue weighted by molar-refractivity contribution is 4.86. The molecule has 0 amide bonds. The van der Waals surface area contributed by atoms with Crippen molar-refractivity contribution in [3.8, 4) is 0 Å². The lowest BCUT2D eigenvalue weighted by molar-refractivity contribution is 0.113. The minimum Gasteiger partial charge on any atom is -0.418 e. The van der Waals surface area contributed by atoms with Gasteiger partial charge in [-0.15, -0.1) is 10.2 Å². The van der Waals surface area contributed by atoms with Crippen molar-refractivity contribution in [3.05, 3.63) is 11.8 Å². The second-order valence-corrected chi connectivity index (χ2v) is 2.07. The second-order valence-electron chi connectivity index (χ2n) is 2.07. The molecule has 1 aromatic heterocycles. The van der Waals surface area contributed by atoms with Gasteiger partial charge in [-0.25, -0.2) is 0 Å². The van der Waals surface area contributed by atoms with Gasteiger partial charge < -0.3 is 10.2 Å². The van der Waals surface area contributed by atoms with Crippen molar-refractivity contribution in [2.75, 3.05) is 0 Å². The Kier molecular flexibility index (Phi) is 2.13. The Morgan fingerprint density at radius 2 is 1.91 bits per heavy atom. The Hall–Kier alpha value is -1.04. The molecule has 0 aromatic carbocycles. The fourth-order valence-corrected chi connectivity index (χ4v) is 0.519. The van der Waals surface area contributed by atoms with Crippen molar-refractivity contribution in [2.24, 2.45) is 5.73 Å². The molecule has 0 aliphatic carbocycles.